The Morgan fingerprint density at radius 1 is 1.24 bits per heavy atom. The smallest absolute Gasteiger partial charge is 0.228 e. The molecule has 0 amide bonds. The monoisotopic (exact) mass is 355 g/mol. The van der Waals surface area contributed by atoms with Gasteiger partial charge in [0.05, 0.1) is 4.47 Å². The molecule has 2 rings (SSSR count). The summed E-state index contributed by atoms with van der Waals surface area (Å²) < 4.78 is 7.64. The summed E-state index contributed by atoms with van der Waals surface area (Å²) in [6, 6.07) is 9.97. The van der Waals surface area contributed by atoms with Crippen molar-refractivity contribution in [1.82, 2.24) is 4.98 Å². The summed E-state index contributed by atoms with van der Waals surface area (Å²) in [5, 5.41) is 0. The zero-order chi connectivity index (χ0) is 12.3. The molecule has 0 aliphatic heterocycles. The van der Waals surface area contributed by atoms with Crippen LogP contribution in [0, 0.1) is 6.92 Å². The predicted molar refractivity (Wildman–Crippen MR) is 75.1 cm³/mol. The van der Waals surface area contributed by atoms with Crippen LogP contribution in [-0.2, 0) is 6.61 Å². The van der Waals surface area contributed by atoms with Gasteiger partial charge in [-0.3, -0.25) is 0 Å². The van der Waals surface area contributed by atoms with Crippen LogP contribution in [0.4, 0.5) is 0 Å². The fourth-order valence-corrected chi connectivity index (χ4v) is 2.19. The molecule has 17 heavy (non-hydrogen) atoms. The van der Waals surface area contributed by atoms with Crippen LogP contribution in [-0.4, -0.2) is 4.98 Å². The molecule has 0 fully saturated rings. The van der Waals surface area contributed by atoms with E-state index in [-0.39, 0.29) is 0 Å². The van der Waals surface area contributed by atoms with Crippen LogP contribution in [0.3, 0.4) is 0 Å². The summed E-state index contributed by atoms with van der Waals surface area (Å²) >= 11 is 6.91. The number of hydrogen-bond acceptors (Lipinski definition) is 2. The van der Waals surface area contributed by atoms with Crippen LogP contribution in [0.2, 0.25) is 0 Å². The molecule has 0 atom stereocenters. The lowest BCUT2D eigenvalue weighted by Crippen LogP contribution is -1.98. The normalized spacial score (nSPS) is 10.3. The molecule has 0 bridgehead atoms. The zero-order valence-electron chi connectivity index (χ0n) is 9.28. The highest BCUT2D eigenvalue weighted by Crippen LogP contribution is 2.26. The van der Waals surface area contributed by atoms with Crippen molar-refractivity contribution in [2.24, 2.45) is 0 Å². The second-order valence-corrected chi connectivity index (χ2v) is 5.37. The summed E-state index contributed by atoms with van der Waals surface area (Å²) in [5.41, 5.74) is 2.22. The molecular formula is C13H11Br2NO. The molecule has 1 aromatic heterocycles. The maximum atomic E-state index is 5.68. The van der Waals surface area contributed by atoms with Gasteiger partial charge in [0.25, 0.3) is 0 Å². The lowest BCUT2D eigenvalue weighted by atomic mass is 10.2. The van der Waals surface area contributed by atoms with Crippen molar-refractivity contribution in [3.05, 3.63) is 56.6 Å². The Hall–Kier alpha value is -0.870. The molecule has 0 spiro atoms. The van der Waals surface area contributed by atoms with Crippen LogP contribution in [0.5, 0.6) is 5.88 Å². The SMILES string of the molecule is Cc1ccnc(OCc2cccc(Br)c2)c1Br. The van der Waals surface area contributed by atoms with Gasteiger partial charge in [-0.1, -0.05) is 28.1 Å². The Bertz CT molecular complexity index is 529. The molecule has 2 nitrogen and oxygen atoms in total. The molecule has 0 radical (unpaired) electrons. The number of benzene rings is 1. The standard InChI is InChI=1S/C13H11Br2NO/c1-9-5-6-16-13(12(9)15)17-8-10-3-2-4-11(14)7-10/h2-7H,8H2,1H3. The van der Waals surface area contributed by atoms with Gasteiger partial charge >= 0.3 is 0 Å². The molecule has 2 aromatic rings. The van der Waals surface area contributed by atoms with E-state index in [4.69, 9.17) is 4.74 Å². The van der Waals surface area contributed by atoms with Crippen molar-refractivity contribution in [3.63, 3.8) is 0 Å². The number of ether oxygens (including phenoxy) is 1. The summed E-state index contributed by atoms with van der Waals surface area (Å²) in [7, 11) is 0. The maximum absolute atomic E-state index is 5.68. The minimum atomic E-state index is 0.508. The van der Waals surface area contributed by atoms with Gasteiger partial charge < -0.3 is 4.74 Å². The molecule has 0 aliphatic rings. The van der Waals surface area contributed by atoms with Gasteiger partial charge in [0.2, 0.25) is 5.88 Å². The lowest BCUT2D eigenvalue weighted by molar-refractivity contribution is 0.291. The van der Waals surface area contributed by atoms with Gasteiger partial charge in [0.15, 0.2) is 0 Å². The number of rotatable bonds is 3. The molecule has 1 aromatic carbocycles. The molecule has 88 valence electrons. The first kappa shape index (κ1) is 12.6. The molecular weight excluding hydrogens is 346 g/mol. The van der Waals surface area contributed by atoms with Crippen molar-refractivity contribution in [3.8, 4) is 5.88 Å². The third-order valence-corrected chi connectivity index (χ3v) is 3.77. The number of aryl methyl sites for hydroxylation is 1. The average Bonchev–Trinajstić information content (AvgIpc) is 2.31. The van der Waals surface area contributed by atoms with Crippen LogP contribution in [0.1, 0.15) is 11.1 Å². The van der Waals surface area contributed by atoms with Crippen molar-refractivity contribution < 1.29 is 4.74 Å². The second-order valence-electron chi connectivity index (χ2n) is 3.67. The minimum Gasteiger partial charge on any atom is -0.472 e. The Labute approximate surface area is 117 Å². The summed E-state index contributed by atoms with van der Waals surface area (Å²) in [4.78, 5) is 4.20. The Balaban J connectivity index is 2.10. The average molecular weight is 357 g/mol. The number of pyridine rings is 1. The Kier molecular flexibility index (Phi) is 4.18. The van der Waals surface area contributed by atoms with E-state index < -0.39 is 0 Å². The molecule has 4 heteroatoms. The third kappa shape index (κ3) is 3.30. The van der Waals surface area contributed by atoms with Crippen molar-refractivity contribution in [1.29, 1.82) is 0 Å². The van der Waals surface area contributed by atoms with E-state index in [0.29, 0.717) is 12.5 Å². The van der Waals surface area contributed by atoms with Gasteiger partial charge in [-0.05, 0) is 52.2 Å². The molecule has 0 N–H and O–H groups in total. The van der Waals surface area contributed by atoms with E-state index in [0.717, 1.165) is 20.1 Å². The number of nitrogens with zero attached hydrogens (tertiary/aromatic N) is 1. The van der Waals surface area contributed by atoms with Crippen molar-refractivity contribution >= 4 is 31.9 Å². The van der Waals surface area contributed by atoms with Crippen LogP contribution in [0.25, 0.3) is 0 Å². The summed E-state index contributed by atoms with van der Waals surface area (Å²) in [6.45, 7) is 2.52. The van der Waals surface area contributed by atoms with Crippen molar-refractivity contribution in [2.45, 2.75) is 13.5 Å². The lowest BCUT2D eigenvalue weighted by Gasteiger charge is -2.08. The van der Waals surface area contributed by atoms with E-state index in [1.807, 2.05) is 37.3 Å². The van der Waals surface area contributed by atoms with Gasteiger partial charge in [-0.2, -0.15) is 0 Å². The van der Waals surface area contributed by atoms with Crippen LogP contribution in [0.15, 0.2) is 45.5 Å². The van der Waals surface area contributed by atoms with Gasteiger partial charge in [-0.15, -0.1) is 0 Å². The third-order valence-electron chi connectivity index (χ3n) is 2.31. The zero-order valence-corrected chi connectivity index (χ0v) is 12.5. The highest BCUT2D eigenvalue weighted by Gasteiger charge is 2.05. The van der Waals surface area contributed by atoms with E-state index in [1.165, 1.54) is 0 Å². The topological polar surface area (TPSA) is 22.1 Å². The van der Waals surface area contributed by atoms with Crippen LogP contribution >= 0.6 is 31.9 Å². The summed E-state index contributed by atoms with van der Waals surface area (Å²) in [5.74, 6) is 0.630. The second kappa shape index (κ2) is 5.65. The van der Waals surface area contributed by atoms with E-state index in [2.05, 4.69) is 36.8 Å². The maximum Gasteiger partial charge on any atom is 0.228 e. The molecule has 0 saturated carbocycles. The van der Waals surface area contributed by atoms with E-state index in [1.54, 1.807) is 6.20 Å². The van der Waals surface area contributed by atoms with Crippen LogP contribution < -0.4 is 4.74 Å². The summed E-state index contributed by atoms with van der Waals surface area (Å²) in [6.07, 6.45) is 1.75. The van der Waals surface area contributed by atoms with Gasteiger partial charge in [0.1, 0.15) is 6.61 Å². The Morgan fingerprint density at radius 2 is 2.06 bits per heavy atom. The quantitative estimate of drug-likeness (QED) is 0.808. The van der Waals surface area contributed by atoms with Crippen molar-refractivity contribution in [2.75, 3.05) is 0 Å². The van der Waals surface area contributed by atoms with Gasteiger partial charge in [-0.25, -0.2) is 4.98 Å². The largest absolute Gasteiger partial charge is 0.472 e. The molecule has 0 unspecified atom stereocenters. The fraction of sp³-hybridized carbons (Fsp3) is 0.154. The minimum absolute atomic E-state index is 0.508. The number of aromatic nitrogens is 1. The first-order chi connectivity index (χ1) is 8.16. The van der Waals surface area contributed by atoms with E-state index >= 15 is 0 Å². The van der Waals surface area contributed by atoms with E-state index in [9.17, 15) is 0 Å². The highest BCUT2D eigenvalue weighted by molar-refractivity contribution is 9.10. The van der Waals surface area contributed by atoms with Gasteiger partial charge in [0, 0.05) is 10.7 Å². The number of hydrogen-bond donors (Lipinski definition) is 0. The molecule has 1 heterocycles. The fourth-order valence-electron chi connectivity index (χ4n) is 1.39. The highest BCUT2D eigenvalue weighted by atomic mass is 79.9. The Morgan fingerprint density at radius 3 is 2.82 bits per heavy atom. The first-order valence-corrected chi connectivity index (χ1v) is 6.74. The molecule has 0 aliphatic carbocycles. The molecule has 0 saturated heterocycles. The predicted octanol–water partition coefficient (Wildman–Crippen LogP) is 4.49. The number of halogens is 2. The first-order valence-electron chi connectivity index (χ1n) is 5.15.